The highest BCUT2D eigenvalue weighted by Gasteiger charge is 2.06. The Morgan fingerprint density at radius 3 is 2.46 bits per heavy atom. The summed E-state index contributed by atoms with van der Waals surface area (Å²) in [5, 5.41) is 6.58. The first-order chi connectivity index (χ1) is 12.7. The van der Waals surface area contributed by atoms with Crippen LogP contribution in [0, 0.1) is 6.92 Å². The third-order valence-corrected chi connectivity index (χ3v) is 3.94. The standard InChI is InChI=1S/C20H22N4O2/c1-14-8-9-18(26-3)16(10-14)24-20-11-19(22-13-23-20)21-12-15-6-4-5-7-17(15)25-2/h4-11,13H,12H2,1-3H3,(H2,21,22,23,24). The fourth-order valence-corrected chi connectivity index (χ4v) is 2.61. The van der Waals surface area contributed by atoms with E-state index in [4.69, 9.17) is 9.47 Å². The zero-order valence-corrected chi connectivity index (χ0v) is 15.1. The Kier molecular flexibility index (Phi) is 5.53. The maximum absolute atomic E-state index is 5.40. The van der Waals surface area contributed by atoms with Gasteiger partial charge in [-0.25, -0.2) is 9.97 Å². The Hall–Kier alpha value is -3.28. The quantitative estimate of drug-likeness (QED) is 0.667. The third-order valence-electron chi connectivity index (χ3n) is 3.94. The van der Waals surface area contributed by atoms with Gasteiger partial charge in [-0.3, -0.25) is 0 Å². The Bertz CT molecular complexity index is 883. The first-order valence-electron chi connectivity index (χ1n) is 8.29. The normalized spacial score (nSPS) is 10.3. The molecule has 0 aliphatic carbocycles. The number of aryl methyl sites for hydroxylation is 1. The summed E-state index contributed by atoms with van der Waals surface area (Å²) in [7, 11) is 3.32. The van der Waals surface area contributed by atoms with Crippen LogP contribution >= 0.6 is 0 Å². The van der Waals surface area contributed by atoms with Crippen molar-refractivity contribution in [3.8, 4) is 11.5 Å². The molecule has 0 fully saturated rings. The van der Waals surface area contributed by atoms with Crippen LogP contribution in [-0.4, -0.2) is 24.2 Å². The second-order valence-corrected chi connectivity index (χ2v) is 5.78. The predicted octanol–water partition coefficient (Wildman–Crippen LogP) is 4.16. The number of nitrogens with zero attached hydrogens (tertiary/aromatic N) is 2. The molecule has 134 valence electrons. The van der Waals surface area contributed by atoms with Crippen molar-refractivity contribution in [3.05, 3.63) is 66.0 Å². The number of hydrogen-bond donors (Lipinski definition) is 2. The summed E-state index contributed by atoms with van der Waals surface area (Å²) in [5.74, 6) is 3.01. The smallest absolute Gasteiger partial charge is 0.142 e. The van der Waals surface area contributed by atoms with Crippen molar-refractivity contribution in [1.29, 1.82) is 0 Å². The molecule has 0 saturated heterocycles. The van der Waals surface area contributed by atoms with Crippen molar-refractivity contribution >= 4 is 17.3 Å². The summed E-state index contributed by atoms with van der Waals surface area (Å²) in [4.78, 5) is 8.56. The number of ether oxygens (including phenoxy) is 2. The Balaban J connectivity index is 1.73. The number of benzene rings is 2. The number of rotatable bonds is 7. The van der Waals surface area contributed by atoms with E-state index in [0.717, 1.165) is 34.1 Å². The van der Waals surface area contributed by atoms with Gasteiger partial charge in [0.15, 0.2) is 0 Å². The van der Waals surface area contributed by atoms with Crippen molar-refractivity contribution in [3.63, 3.8) is 0 Å². The molecule has 0 bridgehead atoms. The van der Waals surface area contributed by atoms with Gasteiger partial charge in [-0.2, -0.15) is 0 Å². The average Bonchev–Trinajstić information content (AvgIpc) is 2.67. The number of methoxy groups -OCH3 is 2. The van der Waals surface area contributed by atoms with Gasteiger partial charge in [-0.1, -0.05) is 24.3 Å². The predicted molar refractivity (Wildman–Crippen MR) is 103 cm³/mol. The van der Waals surface area contributed by atoms with Gasteiger partial charge in [0.1, 0.15) is 29.5 Å². The van der Waals surface area contributed by atoms with Crippen molar-refractivity contribution in [1.82, 2.24) is 9.97 Å². The lowest BCUT2D eigenvalue weighted by Gasteiger charge is -2.13. The van der Waals surface area contributed by atoms with Gasteiger partial charge in [0.25, 0.3) is 0 Å². The molecule has 1 heterocycles. The summed E-state index contributed by atoms with van der Waals surface area (Å²) in [6.45, 7) is 2.64. The molecule has 3 aromatic rings. The van der Waals surface area contributed by atoms with E-state index < -0.39 is 0 Å². The van der Waals surface area contributed by atoms with Gasteiger partial charge in [-0.05, 0) is 30.7 Å². The molecular formula is C20H22N4O2. The van der Waals surface area contributed by atoms with Crippen LogP contribution in [0.2, 0.25) is 0 Å². The molecule has 0 amide bonds. The maximum Gasteiger partial charge on any atom is 0.142 e. The maximum atomic E-state index is 5.40. The number of nitrogens with one attached hydrogen (secondary N) is 2. The molecule has 0 spiro atoms. The van der Waals surface area contributed by atoms with Gasteiger partial charge >= 0.3 is 0 Å². The minimum atomic E-state index is 0.605. The van der Waals surface area contributed by atoms with Crippen LogP contribution in [0.5, 0.6) is 11.5 Å². The lowest BCUT2D eigenvalue weighted by atomic mass is 10.2. The fourth-order valence-electron chi connectivity index (χ4n) is 2.61. The van der Waals surface area contributed by atoms with Crippen LogP contribution < -0.4 is 20.1 Å². The molecular weight excluding hydrogens is 328 g/mol. The summed E-state index contributed by atoms with van der Waals surface area (Å²) in [6.07, 6.45) is 1.52. The summed E-state index contributed by atoms with van der Waals surface area (Å²) >= 11 is 0. The molecule has 0 aliphatic rings. The van der Waals surface area contributed by atoms with Gasteiger partial charge in [0.2, 0.25) is 0 Å². The number of anilines is 3. The molecule has 1 aromatic heterocycles. The van der Waals surface area contributed by atoms with E-state index >= 15 is 0 Å². The fraction of sp³-hybridized carbons (Fsp3) is 0.200. The number of aromatic nitrogens is 2. The third kappa shape index (κ3) is 4.22. The van der Waals surface area contributed by atoms with Gasteiger partial charge in [-0.15, -0.1) is 0 Å². The van der Waals surface area contributed by atoms with Crippen molar-refractivity contribution in [2.75, 3.05) is 24.9 Å². The molecule has 0 radical (unpaired) electrons. The number of para-hydroxylation sites is 1. The summed E-state index contributed by atoms with van der Waals surface area (Å²) < 4.78 is 10.8. The largest absolute Gasteiger partial charge is 0.496 e. The van der Waals surface area contributed by atoms with Crippen molar-refractivity contribution in [2.45, 2.75) is 13.5 Å². The van der Waals surface area contributed by atoms with Crippen molar-refractivity contribution < 1.29 is 9.47 Å². The Morgan fingerprint density at radius 2 is 1.65 bits per heavy atom. The topological polar surface area (TPSA) is 68.3 Å². The Morgan fingerprint density at radius 1 is 0.885 bits per heavy atom. The molecule has 3 rings (SSSR count). The van der Waals surface area contributed by atoms with E-state index in [1.54, 1.807) is 14.2 Å². The van der Waals surface area contributed by atoms with Gasteiger partial charge in [0.05, 0.1) is 19.9 Å². The second-order valence-electron chi connectivity index (χ2n) is 5.78. The number of hydrogen-bond acceptors (Lipinski definition) is 6. The van der Waals surface area contributed by atoms with E-state index in [1.807, 2.05) is 55.5 Å². The molecule has 6 heteroatoms. The van der Waals surface area contributed by atoms with Gasteiger partial charge < -0.3 is 20.1 Å². The monoisotopic (exact) mass is 350 g/mol. The first-order valence-corrected chi connectivity index (χ1v) is 8.29. The van der Waals surface area contributed by atoms with Crippen molar-refractivity contribution in [2.24, 2.45) is 0 Å². The van der Waals surface area contributed by atoms with Crippen LogP contribution in [0.15, 0.2) is 54.9 Å². The molecule has 26 heavy (non-hydrogen) atoms. The highest BCUT2D eigenvalue weighted by atomic mass is 16.5. The van der Waals surface area contributed by atoms with E-state index in [-0.39, 0.29) is 0 Å². The van der Waals surface area contributed by atoms with Crippen LogP contribution in [0.1, 0.15) is 11.1 Å². The SMILES string of the molecule is COc1ccccc1CNc1cc(Nc2cc(C)ccc2OC)ncn1. The Labute approximate surface area is 153 Å². The van der Waals surface area contributed by atoms with E-state index in [2.05, 4.69) is 20.6 Å². The zero-order chi connectivity index (χ0) is 18.4. The highest BCUT2D eigenvalue weighted by molar-refractivity contribution is 5.66. The molecule has 0 atom stereocenters. The van der Waals surface area contributed by atoms with Crippen LogP contribution in [0.25, 0.3) is 0 Å². The minimum Gasteiger partial charge on any atom is -0.496 e. The lowest BCUT2D eigenvalue weighted by molar-refractivity contribution is 0.410. The van der Waals surface area contributed by atoms with E-state index in [9.17, 15) is 0 Å². The average molecular weight is 350 g/mol. The molecule has 6 nitrogen and oxygen atoms in total. The highest BCUT2D eigenvalue weighted by Crippen LogP contribution is 2.28. The van der Waals surface area contributed by atoms with Crippen LogP contribution in [-0.2, 0) is 6.54 Å². The van der Waals surface area contributed by atoms with Gasteiger partial charge in [0, 0.05) is 18.2 Å². The second kappa shape index (κ2) is 8.20. The molecule has 0 aliphatic heterocycles. The van der Waals surface area contributed by atoms with Crippen LogP contribution in [0.4, 0.5) is 17.3 Å². The molecule has 0 saturated carbocycles. The molecule has 0 unspecified atom stereocenters. The lowest BCUT2D eigenvalue weighted by Crippen LogP contribution is -2.04. The van der Waals surface area contributed by atoms with Crippen LogP contribution in [0.3, 0.4) is 0 Å². The first kappa shape index (κ1) is 17.5. The van der Waals surface area contributed by atoms with E-state index in [1.165, 1.54) is 6.33 Å². The summed E-state index contributed by atoms with van der Waals surface area (Å²) in [5.41, 5.74) is 3.06. The minimum absolute atomic E-state index is 0.605. The molecule has 2 aromatic carbocycles. The summed E-state index contributed by atoms with van der Waals surface area (Å²) in [6, 6.07) is 15.7. The van der Waals surface area contributed by atoms with E-state index in [0.29, 0.717) is 12.4 Å². The zero-order valence-electron chi connectivity index (χ0n) is 15.1. The molecule has 2 N–H and O–H groups in total.